The van der Waals surface area contributed by atoms with Crippen molar-refractivity contribution >= 4 is 47.8 Å². The minimum Gasteiger partial charge on any atom is -0.390 e. The van der Waals surface area contributed by atoms with Gasteiger partial charge in [-0.3, -0.25) is 0 Å². The SMILES string of the molecule is COCOC.O=C1OC(=O)C12C(=O)OC2=O.O=C1OC(=O)c2ccccc21.O=C1OC(=O)c2ccccc21. The summed E-state index contributed by atoms with van der Waals surface area (Å²) >= 11 is 0. The fraction of sp³-hybridized carbons (Fsp3) is 0.167. The topological polar surface area (TPSA) is 192 Å². The van der Waals surface area contributed by atoms with Crippen molar-refractivity contribution in [3.63, 3.8) is 0 Å². The largest absolute Gasteiger partial charge is 0.390 e. The Morgan fingerprint density at radius 3 is 0.921 bits per heavy atom. The molecule has 2 aromatic carbocycles. The third kappa shape index (κ3) is 4.93. The fourth-order valence-corrected chi connectivity index (χ4v) is 3.07. The maximum atomic E-state index is 10.8. The highest BCUT2D eigenvalue weighted by Crippen LogP contribution is 2.40. The lowest BCUT2D eigenvalue weighted by molar-refractivity contribution is -0.223. The maximum absolute atomic E-state index is 10.8. The van der Waals surface area contributed by atoms with Crippen molar-refractivity contribution in [2.24, 2.45) is 5.41 Å². The summed E-state index contributed by atoms with van der Waals surface area (Å²) < 4.78 is 25.3. The lowest BCUT2D eigenvalue weighted by atomic mass is 9.80. The number of cyclic esters (lactones) is 8. The average Bonchev–Trinajstić information content (AvgIpc) is 3.35. The first-order chi connectivity index (χ1) is 18.1. The van der Waals surface area contributed by atoms with Crippen molar-refractivity contribution in [2.75, 3.05) is 21.0 Å². The highest BCUT2D eigenvalue weighted by molar-refractivity contribution is 6.46. The lowest BCUT2D eigenvalue weighted by Gasteiger charge is -2.36. The summed E-state index contributed by atoms with van der Waals surface area (Å²) in [5.74, 6) is -6.74. The van der Waals surface area contributed by atoms with Gasteiger partial charge in [0.05, 0.1) is 22.3 Å². The molecular weight excluding hydrogens is 512 g/mol. The molecule has 0 amide bonds. The zero-order chi connectivity index (χ0) is 28.0. The van der Waals surface area contributed by atoms with Gasteiger partial charge in [0, 0.05) is 14.2 Å². The first-order valence-electron chi connectivity index (χ1n) is 10.3. The molecule has 0 bridgehead atoms. The van der Waals surface area contributed by atoms with Gasteiger partial charge in [-0.2, -0.15) is 0 Å². The summed E-state index contributed by atoms with van der Waals surface area (Å²) in [6.07, 6.45) is 0. The van der Waals surface area contributed by atoms with E-state index in [9.17, 15) is 38.4 Å². The highest BCUT2D eigenvalue weighted by atomic mass is 16.7. The molecule has 4 heterocycles. The number of hydrogen-bond donors (Lipinski definition) is 0. The van der Waals surface area contributed by atoms with Gasteiger partial charge in [0.2, 0.25) is 0 Å². The Kier molecular flexibility index (Phi) is 8.19. The van der Waals surface area contributed by atoms with Gasteiger partial charge in [-0.05, 0) is 24.3 Å². The molecule has 14 heteroatoms. The molecule has 196 valence electrons. The average molecular weight is 528 g/mol. The van der Waals surface area contributed by atoms with Crippen LogP contribution in [0.3, 0.4) is 0 Å². The number of benzene rings is 2. The molecule has 0 N–H and O–H groups in total. The van der Waals surface area contributed by atoms with Gasteiger partial charge in [0.25, 0.3) is 0 Å². The predicted molar refractivity (Wildman–Crippen MR) is 116 cm³/mol. The van der Waals surface area contributed by atoms with Crippen LogP contribution in [0.1, 0.15) is 41.4 Å². The van der Waals surface area contributed by atoms with Crippen molar-refractivity contribution < 1.29 is 66.8 Å². The van der Waals surface area contributed by atoms with Gasteiger partial charge in [0.15, 0.2) is 0 Å². The van der Waals surface area contributed by atoms with Gasteiger partial charge < -0.3 is 28.4 Å². The first-order valence-corrected chi connectivity index (χ1v) is 10.3. The summed E-state index contributed by atoms with van der Waals surface area (Å²) in [6.45, 7) is 0.389. The molecule has 0 unspecified atom stereocenters. The molecule has 2 fully saturated rings. The first kappa shape index (κ1) is 27.5. The Morgan fingerprint density at radius 1 is 0.500 bits per heavy atom. The van der Waals surface area contributed by atoms with Gasteiger partial charge in [-0.1, -0.05) is 24.3 Å². The maximum Gasteiger partial charge on any atom is 0.357 e. The number of fused-ring (bicyclic) bond motifs is 2. The minimum absolute atomic E-state index is 0.359. The van der Waals surface area contributed by atoms with E-state index in [1.807, 2.05) is 0 Å². The molecule has 4 aliphatic heterocycles. The second-order valence-corrected chi connectivity index (χ2v) is 7.24. The number of carbonyl (C=O) groups excluding carboxylic acids is 8. The van der Waals surface area contributed by atoms with E-state index >= 15 is 0 Å². The third-order valence-electron chi connectivity index (χ3n) is 4.94. The van der Waals surface area contributed by atoms with Gasteiger partial charge >= 0.3 is 53.2 Å². The Morgan fingerprint density at radius 2 is 0.763 bits per heavy atom. The molecule has 38 heavy (non-hydrogen) atoms. The molecule has 0 aliphatic carbocycles. The molecule has 1 spiro atoms. The van der Waals surface area contributed by atoms with E-state index in [4.69, 9.17) is 0 Å². The van der Waals surface area contributed by atoms with E-state index in [1.54, 1.807) is 62.8 Å². The van der Waals surface area contributed by atoms with Gasteiger partial charge in [0.1, 0.15) is 6.79 Å². The van der Waals surface area contributed by atoms with Crippen molar-refractivity contribution in [1.29, 1.82) is 0 Å². The summed E-state index contributed by atoms with van der Waals surface area (Å²) in [5.41, 5.74) is -0.787. The molecular formula is C24H16O14. The van der Waals surface area contributed by atoms with Crippen LogP contribution in [0.5, 0.6) is 0 Å². The zero-order valence-corrected chi connectivity index (χ0v) is 19.5. The monoisotopic (exact) mass is 528 g/mol. The van der Waals surface area contributed by atoms with E-state index < -0.39 is 53.2 Å². The van der Waals surface area contributed by atoms with Crippen LogP contribution < -0.4 is 0 Å². The smallest absolute Gasteiger partial charge is 0.357 e. The van der Waals surface area contributed by atoms with Crippen molar-refractivity contribution in [3.8, 4) is 0 Å². The van der Waals surface area contributed by atoms with Crippen LogP contribution in [0.25, 0.3) is 0 Å². The summed E-state index contributed by atoms with van der Waals surface area (Å²) in [7, 11) is 3.17. The van der Waals surface area contributed by atoms with Crippen LogP contribution in [0.15, 0.2) is 48.5 Å². The Hall–Kier alpha value is -5.08. The van der Waals surface area contributed by atoms with Gasteiger partial charge in [-0.15, -0.1) is 0 Å². The number of hydrogen-bond acceptors (Lipinski definition) is 14. The third-order valence-corrected chi connectivity index (χ3v) is 4.94. The normalized spacial score (nSPS) is 16.9. The van der Waals surface area contributed by atoms with E-state index in [-0.39, 0.29) is 0 Å². The van der Waals surface area contributed by atoms with Crippen LogP contribution in [0, 0.1) is 5.41 Å². The van der Waals surface area contributed by atoms with Crippen molar-refractivity contribution in [3.05, 3.63) is 70.8 Å². The second kappa shape index (κ2) is 11.3. The predicted octanol–water partition coefficient (Wildman–Crippen LogP) is 0.371. The molecule has 0 saturated carbocycles. The Labute approximate surface area is 212 Å². The van der Waals surface area contributed by atoms with Crippen LogP contribution in [-0.2, 0) is 47.6 Å². The summed E-state index contributed by atoms with van der Waals surface area (Å²) in [5, 5.41) is 0. The van der Waals surface area contributed by atoms with E-state index in [0.29, 0.717) is 29.0 Å². The molecule has 2 aromatic rings. The van der Waals surface area contributed by atoms with Crippen LogP contribution in [0.2, 0.25) is 0 Å². The van der Waals surface area contributed by atoms with E-state index in [0.717, 1.165) is 0 Å². The Balaban J connectivity index is 0.000000145. The molecule has 14 nitrogen and oxygen atoms in total. The number of methoxy groups -OCH3 is 2. The number of esters is 8. The summed E-state index contributed by atoms with van der Waals surface area (Å²) in [6, 6.07) is 13.1. The molecule has 0 atom stereocenters. The van der Waals surface area contributed by atoms with Crippen molar-refractivity contribution in [1.82, 2.24) is 0 Å². The Bertz CT molecular complexity index is 1170. The van der Waals surface area contributed by atoms with Crippen molar-refractivity contribution in [2.45, 2.75) is 0 Å². The quantitative estimate of drug-likeness (QED) is 0.225. The lowest BCUT2D eigenvalue weighted by Crippen LogP contribution is -2.71. The van der Waals surface area contributed by atoms with Crippen LogP contribution in [0.4, 0.5) is 0 Å². The molecule has 0 radical (unpaired) electrons. The molecule has 0 aromatic heterocycles. The van der Waals surface area contributed by atoms with Crippen LogP contribution >= 0.6 is 0 Å². The standard InChI is InChI=1S/2C8H4O3.C5O6.C3H8O2/c2*9-7-5-3-1-2-4-6(5)8(10)11-7;6-1-5(2(7)10-1)3(8)11-4(5)9;1-4-3-5-2/h2*1-4H;;3H2,1-2H3. The minimum atomic E-state index is -2.22. The number of carbonyl (C=O) groups is 8. The number of ether oxygens (including phenoxy) is 6. The molecule has 6 rings (SSSR count). The second-order valence-electron chi connectivity index (χ2n) is 7.24. The van der Waals surface area contributed by atoms with Gasteiger partial charge in [-0.25, -0.2) is 38.4 Å². The van der Waals surface area contributed by atoms with E-state index in [1.165, 1.54) is 0 Å². The zero-order valence-electron chi connectivity index (χ0n) is 19.5. The molecule has 2 saturated heterocycles. The van der Waals surface area contributed by atoms with E-state index in [2.05, 4.69) is 28.4 Å². The fourth-order valence-electron chi connectivity index (χ4n) is 3.07. The number of rotatable bonds is 2. The highest BCUT2D eigenvalue weighted by Gasteiger charge is 2.80. The van der Waals surface area contributed by atoms with Crippen LogP contribution in [-0.4, -0.2) is 68.8 Å². The summed E-state index contributed by atoms with van der Waals surface area (Å²) in [4.78, 5) is 85.3. The molecule has 4 aliphatic rings.